The number of hydrogen-bond donors (Lipinski definition) is 1. The van der Waals surface area contributed by atoms with Gasteiger partial charge >= 0.3 is 0 Å². The number of nitrogens with zero attached hydrogens (tertiary/aromatic N) is 2. The standard InChI is InChI=1S/C18H27FN2O/c19-16-7-5-15(6-8-16)13-20-10-11-21(17-3-1-2-4-17)18(14-20)9-12-22/h5-8,17-18,22H,1-4,9-14H2/t18-/m1/s1. The van der Waals surface area contributed by atoms with Crippen molar-refractivity contribution in [2.75, 3.05) is 26.2 Å². The lowest BCUT2D eigenvalue weighted by Gasteiger charge is -2.44. The van der Waals surface area contributed by atoms with Gasteiger partial charge in [0, 0.05) is 44.9 Å². The molecular weight excluding hydrogens is 279 g/mol. The van der Waals surface area contributed by atoms with E-state index in [4.69, 9.17) is 0 Å². The van der Waals surface area contributed by atoms with Gasteiger partial charge in [0.05, 0.1) is 0 Å². The third-order valence-electron chi connectivity index (χ3n) is 5.19. The van der Waals surface area contributed by atoms with Crippen molar-refractivity contribution in [1.29, 1.82) is 0 Å². The molecule has 1 saturated heterocycles. The maximum atomic E-state index is 13.0. The van der Waals surface area contributed by atoms with E-state index in [-0.39, 0.29) is 12.4 Å². The Morgan fingerprint density at radius 3 is 2.50 bits per heavy atom. The maximum Gasteiger partial charge on any atom is 0.123 e. The summed E-state index contributed by atoms with van der Waals surface area (Å²) < 4.78 is 13.0. The van der Waals surface area contributed by atoms with Gasteiger partial charge in [-0.1, -0.05) is 25.0 Å². The molecule has 0 radical (unpaired) electrons. The first-order valence-electron chi connectivity index (χ1n) is 8.59. The average Bonchev–Trinajstić information content (AvgIpc) is 3.04. The second-order valence-electron chi connectivity index (χ2n) is 6.70. The molecule has 4 heteroatoms. The van der Waals surface area contributed by atoms with Gasteiger partial charge in [-0.2, -0.15) is 0 Å². The van der Waals surface area contributed by atoms with Gasteiger partial charge in [-0.15, -0.1) is 0 Å². The van der Waals surface area contributed by atoms with Gasteiger partial charge in [0.1, 0.15) is 5.82 Å². The Kier molecular flexibility index (Phi) is 5.45. The summed E-state index contributed by atoms with van der Waals surface area (Å²) in [4.78, 5) is 5.09. The van der Waals surface area contributed by atoms with Crippen molar-refractivity contribution in [3.8, 4) is 0 Å². The number of rotatable bonds is 5. The fraction of sp³-hybridized carbons (Fsp3) is 0.667. The summed E-state index contributed by atoms with van der Waals surface area (Å²) in [6.45, 7) is 4.31. The van der Waals surface area contributed by atoms with E-state index in [1.807, 2.05) is 12.1 Å². The molecule has 1 aliphatic carbocycles. The lowest BCUT2D eigenvalue weighted by Crippen LogP contribution is -2.55. The van der Waals surface area contributed by atoms with Crippen molar-refractivity contribution in [1.82, 2.24) is 9.80 Å². The van der Waals surface area contributed by atoms with E-state index >= 15 is 0 Å². The summed E-state index contributed by atoms with van der Waals surface area (Å²) >= 11 is 0. The first-order chi connectivity index (χ1) is 10.8. The number of aliphatic hydroxyl groups excluding tert-OH is 1. The van der Waals surface area contributed by atoms with E-state index in [1.54, 1.807) is 0 Å². The molecule has 0 amide bonds. The van der Waals surface area contributed by atoms with Crippen molar-refractivity contribution in [2.45, 2.75) is 50.7 Å². The second kappa shape index (κ2) is 7.53. The SMILES string of the molecule is OCC[C@@H]1CN(Cc2ccc(F)cc2)CCN1C1CCCC1. The minimum Gasteiger partial charge on any atom is -0.396 e. The van der Waals surface area contributed by atoms with Crippen LogP contribution in [-0.2, 0) is 6.54 Å². The predicted molar refractivity (Wildman–Crippen MR) is 86.1 cm³/mol. The molecule has 122 valence electrons. The molecule has 1 N–H and O–H groups in total. The Hall–Kier alpha value is -0.970. The number of aliphatic hydroxyl groups is 1. The summed E-state index contributed by atoms with van der Waals surface area (Å²) in [5, 5.41) is 9.40. The maximum absolute atomic E-state index is 13.0. The molecule has 0 unspecified atom stereocenters. The van der Waals surface area contributed by atoms with Crippen molar-refractivity contribution < 1.29 is 9.50 Å². The highest BCUT2D eigenvalue weighted by molar-refractivity contribution is 5.16. The van der Waals surface area contributed by atoms with Crippen LogP contribution in [0, 0.1) is 5.82 Å². The molecule has 3 rings (SSSR count). The normalized spacial score (nSPS) is 24.9. The van der Waals surface area contributed by atoms with Crippen molar-refractivity contribution in [3.63, 3.8) is 0 Å². The van der Waals surface area contributed by atoms with E-state index in [0.29, 0.717) is 6.04 Å². The fourth-order valence-electron chi connectivity index (χ4n) is 4.05. The zero-order chi connectivity index (χ0) is 15.4. The van der Waals surface area contributed by atoms with Gasteiger partial charge in [-0.3, -0.25) is 9.80 Å². The van der Waals surface area contributed by atoms with Crippen molar-refractivity contribution in [2.24, 2.45) is 0 Å². The lowest BCUT2D eigenvalue weighted by molar-refractivity contribution is 0.0267. The van der Waals surface area contributed by atoms with Crippen LogP contribution in [0.4, 0.5) is 4.39 Å². The van der Waals surface area contributed by atoms with Crippen LogP contribution in [0.3, 0.4) is 0 Å². The molecule has 1 atom stereocenters. The molecule has 1 heterocycles. The van der Waals surface area contributed by atoms with E-state index < -0.39 is 0 Å². The number of hydrogen-bond acceptors (Lipinski definition) is 3. The molecule has 2 fully saturated rings. The topological polar surface area (TPSA) is 26.7 Å². The van der Waals surface area contributed by atoms with E-state index in [2.05, 4.69) is 9.80 Å². The minimum atomic E-state index is -0.173. The van der Waals surface area contributed by atoms with Crippen LogP contribution in [0.15, 0.2) is 24.3 Å². The molecule has 1 aliphatic heterocycles. The quantitative estimate of drug-likeness (QED) is 0.906. The number of piperazine rings is 1. The van der Waals surface area contributed by atoms with Gasteiger partial charge < -0.3 is 5.11 Å². The Labute approximate surface area is 132 Å². The molecule has 2 aliphatic rings. The number of halogens is 1. The highest BCUT2D eigenvalue weighted by Crippen LogP contribution is 2.28. The first kappa shape index (κ1) is 15.9. The second-order valence-corrected chi connectivity index (χ2v) is 6.70. The highest BCUT2D eigenvalue weighted by atomic mass is 19.1. The zero-order valence-corrected chi connectivity index (χ0v) is 13.3. The fourth-order valence-corrected chi connectivity index (χ4v) is 4.05. The van der Waals surface area contributed by atoms with E-state index in [1.165, 1.54) is 43.4 Å². The van der Waals surface area contributed by atoms with Crippen molar-refractivity contribution >= 4 is 0 Å². The first-order valence-corrected chi connectivity index (χ1v) is 8.59. The lowest BCUT2D eigenvalue weighted by atomic mass is 10.0. The molecule has 1 aromatic carbocycles. The largest absolute Gasteiger partial charge is 0.396 e. The molecule has 0 aromatic heterocycles. The van der Waals surface area contributed by atoms with Crippen LogP contribution in [0.2, 0.25) is 0 Å². The minimum absolute atomic E-state index is 0.173. The predicted octanol–water partition coefficient (Wildman–Crippen LogP) is 2.64. The molecule has 0 spiro atoms. The summed E-state index contributed by atoms with van der Waals surface area (Å²) in [5.74, 6) is -0.173. The van der Waals surface area contributed by atoms with E-state index in [9.17, 15) is 9.50 Å². The molecule has 1 aromatic rings. The van der Waals surface area contributed by atoms with Gasteiger partial charge in [0.25, 0.3) is 0 Å². The van der Waals surface area contributed by atoms with Gasteiger partial charge in [0.2, 0.25) is 0 Å². The summed E-state index contributed by atoms with van der Waals surface area (Å²) in [7, 11) is 0. The van der Waals surface area contributed by atoms with Gasteiger partial charge in [-0.05, 0) is 37.0 Å². The van der Waals surface area contributed by atoms with Crippen LogP contribution >= 0.6 is 0 Å². The van der Waals surface area contributed by atoms with E-state index in [0.717, 1.165) is 38.6 Å². The molecular formula is C18H27FN2O. The molecule has 22 heavy (non-hydrogen) atoms. The Bertz CT molecular complexity index is 459. The molecule has 1 saturated carbocycles. The Morgan fingerprint density at radius 2 is 1.82 bits per heavy atom. The zero-order valence-electron chi connectivity index (χ0n) is 13.3. The molecule has 0 bridgehead atoms. The number of benzene rings is 1. The third-order valence-corrected chi connectivity index (χ3v) is 5.19. The van der Waals surface area contributed by atoms with Crippen molar-refractivity contribution in [3.05, 3.63) is 35.6 Å². The van der Waals surface area contributed by atoms with Crippen LogP contribution in [0.25, 0.3) is 0 Å². The summed E-state index contributed by atoms with van der Waals surface area (Å²) in [5.41, 5.74) is 1.17. The van der Waals surface area contributed by atoms with Gasteiger partial charge in [0.15, 0.2) is 0 Å². The van der Waals surface area contributed by atoms with Crippen LogP contribution in [0.5, 0.6) is 0 Å². The smallest absolute Gasteiger partial charge is 0.123 e. The van der Waals surface area contributed by atoms with Crippen LogP contribution < -0.4 is 0 Å². The van der Waals surface area contributed by atoms with Gasteiger partial charge in [-0.25, -0.2) is 4.39 Å². The Balaban J connectivity index is 1.60. The van der Waals surface area contributed by atoms with Crippen LogP contribution in [0.1, 0.15) is 37.7 Å². The Morgan fingerprint density at radius 1 is 1.09 bits per heavy atom. The van der Waals surface area contributed by atoms with Crippen LogP contribution in [-0.4, -0.2) is 53.2 Å². The highest BCUT2D eigenvalue weighted by Gasteiger charge is 2.32. The monoisotopic (exact) mass is 306 g/mol. The average molecular weight is 306 g/mol. The third kappa shape index (κ3) is 3.86. The summed E-state index contributed by atoms with van der Waals surface area (Å²) in [6.07, 6.45) is 6.20. The molecule has 3 nitrogen and oxygen atoms in total. The summed E-state index contributed by atoms with van der Waals surface area (Å²) in [6, 6.07) is 8.01.